The number of ether oxygens (including phenoxy) is 4. The number of phosphoric acid groups is 2. The molecule has 0 rings (SSSR count). The van der Waals surface area contributed by atoms with Crippen molar-refractivity contribution >= 4 is 39.5 Å². The first kappa shape index (κ1) is 88.1. The molecule has 0 aromatic carbocycles. The second kappa shape index (κ2) is 60.7. The van der Waals surface area contributed by atoms with Gasteiger partial charge < -0.3 is 33.8 Å². The molecule has 0 saturated heterocycles. The van der Waals surface area contributed by atoms with Gasteiger partial charge in [-0.1, -0.05) is 299 Å². The highest BCUT2D eigenvalue weighted by Crippen LogP contribution is 2.45. The Balaban J connectivity index is 5.23. The maximum Gasteiger partial charge on any atom is 0.472 e. The minimum atomic E-state index is -4.95. The zero-order chi connectivity index (χ0) is 66.8. The van der Waals surface area contributed by atoms with Crippen molar-refractivity contribution in [1.29, 1.82) is 0 Å². The fourth-order valence-electron chi connectivity index (χ4n) is 10.6. The number of rotatable bonds is 68. The van der Waals surface area contributed by atoms with Crippen molar-refractivity contribution in [2.75, 3.05) is 39.6 Å². The second-order valence-electron chi connectivity index (χ2n) is 27.3. The summed E-state index contributed by atoms with van der Waals surface area (Å²) < 4.78 is 68.3. The highest BCUT2D eigenvalue weighted by molar-refractivity contribution is 7.47. The van der Waals surface area contributed by atoms with Crippen LogP contribution in [-0.2, 0) is 65.4 Å². The van der Waals surface area contributed by atoms with Gasteiger partial charge in [0.1, 0.15) is 19.3 Å². The van der Waals surface area contributed by atoms with Crippen molar-refractivity contribution in [2.24, 2.45) is 23.7 Å². The van der Waals surface area contributed by atoms with Crippen molar-refractivity contribution in [3.8, 4) is 0 Å². The van der Waals surface area contributed by atoms with E-state index in [1.165, 1.54) is 141 Å². The van der Waals surface area contributed by atoms with E-state index in [0.717, 1.165) is 120 Å². The van der Waals surface area contributed by atoms with E-state index in [1.807, 2.05) is 0 Å². The molecular formula is C71H138O17P2. The normalized spacial score (nSPS) is 14.6. The van der Waals surface area contributed by atoms with Gasteiger partial charge in [0.05, 0.1) is 26.4 Å². The number of unbranched alkanes of at least 4 members (excludes halogenated alkanes) is 33. The van der Waals surface area contributed by atoms with Crippen LogP contribution in [0.25, 0.3) is 0 Å². The first-order valence-corrected chi connectivity index (χ1v) is 39.7. The molecule has 0 aromatic rings. The molecule has 3 N–H and O–H groups in total. The van der Waals surface area contributed by atoms with Crippen LogP contribution in [0.4, 0.5) is 0 Å². The summed E-state index contributed by atoms with van der Waals surface area (Å²) in [4.78, 5) is 72.5. The minimum absolute atomic E-state index is 0.105. The Morgan fingerprint density at radius 2 is 0.533 bits per heavy atom. The maximum atomic E-state index is 13.0. The van der Waals surface area contributed by atoms with Gasteiger partial charge in [0.2, 0.25) is 0 Å². The van der Waals surface area contributed by atoms with Crippen molar-refractivity contribution < 1.29 is 80.2 Å². The van der Waals surface area contributed by atoms with Gasteiger partial charge in [-0.3, -0.25) is 37.3 Å². The van der Waals surface area contributed by atoms with E-state index < -0.39 is 97.5 Å². The van der Waals surface area contributed by atoms with Crippen LogP contribution in [0.3, 0.4) is 0 Å². The highest BCUT2D eigenvalue weighted by Gasteiger charge is 2.30. The van der Waals surface area contributed by atoms with Gasteiger partial charge in [0, 0.05) is 25.7 Å². The van der Waals surface area contributed by atoms with Crippen LogP contribution < -0.4 is 0 Å². The van der Waals surface area contributed by atoms with E-state index >= 15 is 0 Å². The molecule has 0 saturated carbocycles. The SMILES string of the molecule is CCC(C)CCCCCCCCC(=O)OC[C@H](COP(=O)(O)OC[C@@H](O)COP(=O)(O)OC[C@@H](COC(=O)CCCCCCCCC(C)C)OC(=O)CCCCCCCCCCCCCCCC(C)C)OC(=O)CCCCCCCCCCCCCCC(C)C. The quantitative estimate of drug-likeness (QED) is 0.0222. The molecule has 90 heavy (non-hydrogen) atoms. The van der Waals surface area contributed by atoms with E-state index in [2.05, 4.69) is 55.4 Å². The predicted molar refractivity (Wildman–Crippen MR) is 363 cm³/mol. The molecule has 3 unspecified atom stereocenters. The van der Waals surface area contributed by atoms with Crippen LogP contribution in [0.15, 0.2) is 0 Å². The van der Waals surface area contributed by atoms with Crippen molar-refractivity contribution in [3.05, 3.63) is 0 Å². The summed E-state index contributed by atoms with van der Waals surface area (Å²) >= 11 is 0. The van der Waals surface area contributed by atoms with Crippen molar-refractivity contribution in [2.45, 2.75) is 369 Å². The molecule has 17 nitrogen and oxygen atoms in total. The standard InChI is InChI=1S/C71H138O17P2/c1-9-64(8)50-42-34-28-30-36-44-52-69(74)82-58-67(88-71(76)54-46-38-26-22-18-14-13-16-20-24-32-40-48-62(4)5)60-86-90(79,80)84-56-65(72)55-83-89(77,78)85-59-66(57-81-68(73)51-43-35-29-27-33-41-49-63(6)7)87-70(75)53-45-37-25-21-17-12-10-11-15-19-23-31-39-47-61(2)3/h61-67,72H,9-60H2,1-8H3,(H,77,78)(H,79,80)/t64?,65-,66+,67+/m0/s1. The zero-order valence-electron chi connectivity index (χ0n) is 58.8. The lowest BCUT2D eigenvalue weighted by Gasteiger charge is -2.21. The predicted octanol–water partition coefficient (Wildman–Crippen LogP) is 20.1. The first-order chi connectivity index (χ1) is 43.1. The fourth-order valence-corrected chi connectivity index (χ4v) is 12.2. The van der Waals surface area contributed by atoms with Crippen molar-refractivity contribution in [3.63, 3.8) is 0 Å². The number of carbonyl (C=O) groups excluding carboxylic acids is 4. The third kappa shape index (κ3) is 63.5. The summed E-state index contributed by atoms with van der Waals surface area (Å²) in [5, 5.41) is 10.6. The molecular weight excluding hydrogens is 1190 g/mol. The molecule has 0 aliphatic heterocycles. The van der Waals surface area contributed by atoms with Gasteiger partial charge in [-0.15, -0.1) is 0 Å². The highest BCUT2D eigenvalue weighted by atomic mass is 31.2. The van der Waals surface area contributed by atoms with Gasteiger partial charge in [0.25, 0.3) is 0 Å². The molecule has 0 heterocycles. The Kier molecular flexibility index (Phi) is 59.4. The lowest BCUT2D eigenvalue weighted by Crippen LogP contribution is -2.30. The largest absolute Gasteiger partial charge is 0.472 e. The summed E-state index contributed by atoms with van der Waals surface area (Å²) in [6.07, 6.45) is 43.2. The molecule has 534 valence electrons. The monoisotopic (exact) mass is 1320 g/mol. The third-order valence-corrected chi connectivity index (χ3v) is 18.6. The zero-order valence-corrected chi connectivity index (χ0v) is 60.6. The topological polar surface area (TPSA) is 237 Å². The number of hydrogen-bond donors (Lipinski definition) is 3. The van der Waals surface area contributed by atoms with E-state index in [-0.39, 0.29) is 25.7 Å². The van der Waals surface area contributed by atoms with Gasteiger partial charge >= 0.3 is 39.5 Å². The molecule has 6 atom stereocenters. The molecule has 0 spiro atoms. The molecule has 0 aromatic heterocycles. The van der Waals surface area contributed by atoms with Crippen LogP contribution >= 0.6 is 15.6 Å². The Morgan fingerprint density at radius 1 is 0.311 bits per heavy atom. The number of aliphatic hydroxyl groups is 1. The lowest BCUT2D eigenvalue weighted by molar-refractivity contribution is -0.161. The molecule has 0 aliphatic rings. The summed E-state index contributed by atoms with van der Waals surface area (Å²) in [5.74, 6) is 0.843. The van der Waals surface area contributed by atoms with Crippen molar-refractivity contribution in [1.82, 2.24) is 0 Å². The second-order valence-corrected chi connectivity index (χ2v) is 30.2. The Morgan fingerprint density at radius 3 is 0.789 bits per heavy atom. The van der Waals surface area contributed by atoms with Gasteiger partial charge in [-0.05, 0) is 49.4 Å². The van der Waals surface area contributed by atoms with E-state index in [9.17, 15) is 43.2 Å². The maximum absolute atomic E-state index is 13.0. The summed E-state index contributed by atoms with van der Waals surface area (Å²) in [7, 11) is -9.90. The Labute approximate surface area is 549 Å². The molecule has 0 aliphatic carbocycles. The Hall–Kier alpha value is -1.94. The number of phosphoric ester groups is 2. The number of hydrogen-bond acceptors (Lipinski definition) is 15. The number of carbonyl (C=O) groups is 4. The van der Waals surface area contributed by atoms with E-state index in [1.54, 1.807) is 0 Å². The average Bonchev–Trinajstić information content (AvgIpc) is 2.99. The van der Waals surface area contributed by atoms with E-state index in [0.29, 0.717) is 31.6 Å². The van der Waals surface area contributed by atoms with Crippen LogP contribution in [0.5, 0.6) is 0 Å². The van der Waals surface area contributed by atoms with Gasteiger partial charge in [0.15, 0.2) is 12.2 Å². The summed E-state index contributed by atoms with van der Waals surface area (Å²) in [6, 6.07) is 0. The van der Waals surface area contributed by atoms with E-state index in [4.69, 9.17) is 37.0 Å². The van der Waals surface area contributed by atoms with Crippen LogP contribution in [0, 0.1) is 23.7 Å². The summed E-state index contributed by atoms with van der Waals surface area (Å²) in [5.41, 5.74) is 0. The molecule has 0 fully saturated rings. The molecule has 19 heteroatoms. The smallest absolute Gasteiger partial charge is 0.462 e. The van der Waals surface area contributed by atoms with Crippen LogP contribution in [0.2, 0.25) is 0 Å². The third-order valence-electron chi connectivity index (χ3n) is 16.7. The fraction of sp³-hybridized carbons (Fsp3) is 0.944. The van der Waals surface area contributed by atoms with Crippen LogP contribution in [-0.4, -0.2) is 96.7 Å². The van der Waals surface area contributed by atoms with Crippen LogP contribution in [0.1, 0.15) is 351 Å². The number of aliphatic hydroxyl groups excluding tert-OH is 1. The number of esters is 4. The Bertz CT molecular complexity index is 1780. The van der Waals surface area contributed by atoms with Gasteiger partial charge in [-0.25, -0.2) is 9.13 Å². The minimum Gasteiger partial charge on any atom is -0.462 e. The summed E-state index contributed by atoms with van der Waals surface area (Å²) in [6.45, 7) is 14.1. The molecule has 0 bridgehead atoms. The molecule has 0 radical (unpaired) electrons. The lowest BCUT2D eigenvalue weighted by atomic mass is 10.00. The molecule has 0 amide bonds. The van der Waals surface area contributed by atoms with Gasteiger partial charge in [-0.2, -0.15) is 0 Å². The average molecular weight is 1330 g/mol. The first-order valence-electron chi connectivity index (χ1n) is 36.7.